The highest BCUT2D eigenvalue weighted by Gasteiger charge is 2.29. The molecular weight excluding hydrogens is 375 g/mol. The van der Waals surface area contributed by atoms with E-state index in [0.29, 0.717) is 16.7 Å². The molecule has 1 atom stereocenters. The van der Waals surface area contributed by atoms with Crippen LogP contribution in [0.4, 0.5) is 10.2 Å². The third-order valence-electron chi connectivity index (χ3n) is 4.86. The van der Waals surface area contributed by atoms with E-state index in [0.717, 1.165) is 17.9 Å². The number of hydrogen-bond acceptors (Lipinski definition) is 5. The van der Waals surface area contributed by atoms with Crippen LogP contribution >= 0.6 is 11.8 Å². The summed E-state index contributed by atoms with van der Waals surface area (Å²) in [5.41, 5.74) is 2.42. The summed E-state index contributed by atoms with van der Waals surface area (Å²) in [6.45, 7) is 0.725. The van der Waals surface area contributed by atoms with Crippen LogP contribution in [0.25, 0.3) is 17.1 Å². The molecule has 1 aliphatic heterocycles. The molecule has 2 aromatic heterocycles. The van der Waals surface area contributed by atoms with Gasteiger partial charge in [0.1, 0.15) is 11.6 Å². The molecule has 140 valence electrons. The maximum atomic E-state index is 14.5. The molecule has 8 heteroatoms. The van der Waals surface area contributed by atoms with Crippen molar-refractivity contribution in [1.82, 2.24) is 24.5 Å². The van der Waals surface area contributed by atoms with Crippen molar-refractivity contribution in [2.75, 3.05) is 11.6 Å². The average Bonchev–Trinajstić information content (AvgIpc) is 3.42. The first-order valence-corrected chi connectivity index (χ1v) is 10.1. The summed E-state index contributed by atoms with van der Waals surface area (Å²) in [6.07, 6.45) is 3.66. The number of hydrogen-bond donors (Lipinski definition) is 1. The summed E-state index contributed by atoms with van der Waals surface area (Å²) in [5, 5.41) is 17.3. The molecule has 6 nitrogen and oxygen atoms in total. The fourth-order valence-electron chi connectivity index (χ4n) is 3.52. The molecule has 1 N–H and O–H groups in total. The van der Waals surface area contributed by atoms with Crippen LogP contribution in [0.1, 0.15) is 11.6 Å². The minimum atomic E-state index is -0.321. The zero-order chi connectivity index (χ0) is 19.1. The SMILES string of the molecule is CSc1nnc(-c2cnn3c2NC(c2ccccc2)C3)n1-c1ccccc1F. The highest BCUT2D eigenvalue weighted by atomic mass is 32.2. The number of fused-ring (bicyclic) bond motifs is 1. The Balaban J connectivity index is 1.59. The highest BCUT2D eigenvalue weighted by Crippen LogP contribution is 2.37. The monoisotopic (exact) mass is 392 g/mol. The minimum Gasteiger partial charge on any atom is -0.361 e. The summed E-state index contributed by atoms with van der Waals surface area (Å²) in [4.78, 5) is 0. The molecule has 0 saturated heterocycles. The lowest BCUT2D eigenvalue weighted by molar-refractivity contribution is 0.613. The summed E-state index contributed by atoms with van der Waals surface area (Å²) in [6, 6.07) is 17.0. The van der Waals surface area contributed by atoms with Gasteiger partial charge >= 0.3 is 0 Å². The molecule has 1 aliphatic rings. The third-order valence-corrected chi connectivity index (χ3v) is 5.49. The lowest BCUT2D eigenvalue weighted by Crippen LogP contribution is -2.07. The van der Waals surface area contributed by atoms with E-state index in [1.807, 2.05) is 29.1 Å². The third kappa shape index (κ3) is 2.68. The Hall–Kier alpha value is -3.13. The molecule has 2 aromatic carbocycles. The van der Waals surface area contributed by atoms with Gasteiger partial charge in [-0.15, -0.1) is 10.2 Å². The summed E-state index contributed by atoms with van der Waals surface area (Å²) in [7, 11) is 0. The molecule has 0 aliphatic carbocycles. The Labute approximate surface area is 165 Å². The molecule has 3 heterocycles. The summed E-state index contributed by atoms with van der Waals surface area (Å²) in [5.74, 6) is 1.11. The van der Waals surface area contributed by atoms with Gasteiger partial charge in [0.25, 0.3) is 0 Å². The zero-order valence-electron chi connectivity index (χ0n) is 15.1. The fourth-order valence-corrected chi connectivity index (χ4v) is 4.01. The van der Waals surface area contributed by atoms with E-state index in [-0.39, 0.29) is 11.9 Å². The summed E-state index contributed by atoms with van der Waals surface area (Å²) < 4.78 is 18.2. The van der Waals surface area contributed by atoms with Crippen LogP contribution < -0.4 is 5.32 Å². The molecule has 1 unspecified atom stereocenters. The molecule has 4 aromatic rings. The summed E-state index contributed by atoms with van der Waals surface area (Å²) >= 11 is 1.42. The van der Waals surface area contributed by atoms with E-state index in [1.54, 1.807) is 29.0 Å². The van der Waals surface area contributed by atoms with Gasteiger partial charge in [0.2, 0.25) is 0 Å². The van der Waals surface area contributed by atoms with Gasteiger partial charge in [-0.1, -0.05) is 54.2 Å². The van der Waals surface area contributed by atoms with Crippen molar-refractivity contribution >= 4 is 17.6 Å². The van der Waals surface area contributed by atoms with Crippen LogP contribution in [0.3, 0.4) is 0 Å². The number of para-hydroxylation sites is 1. The van der Waals surface area contributed by atoms with Gasteiger partial charge in [0, 0.05) is 0 Å². The Morgan fingerprint density at radius 2 is 1.86 bits per heavy atom. The average molecular weight is 392 g/mol. The number of aromatic nitrogens is 5. The number of rotatable bonds is 4. The van der Waals surface area contributed by atoms with Crippen LogP contribution in [0.5, 0.6) is 0 Å². The molecule has 0 spiro atoms. The number of anilines is 1. The largest absolute Gasteiger partial charge is 0.361 e. The van der Waals surface area contributed by atoms with Crippen molar-refractivity contribution in [3.8, 4) is 17.1 Å². The van der Waals surface area contributed by atoms with Gasteiger partial charge in [0.05, 0.1) is 30.0 Å². The quantitative estimate of drug-likeness (QED) is 0.529. The maximum absolute atomic E-state index is 14.5. The second kappa shape index (κ2) is 6.79. The van der Waals surface area contributed by atoms with E-state index in [9.17, 15) is 4.39 Å². The molecular formula is C20H17FN6S. The molecule has 5 rings (SSSR count). The fraction of sp³-hybridized carbons (Fsp3) is 0.150. The van der Waals surface area contributed by atoms with Crippen molar-refractivity contribution in [2.24, 2.45) is 0 Å². The zero-order valence-corrected chi connectivity index (χ0v) is 15.9. The van der Waals surface area contributed by atoms with Crippen molar-refractivity contribution in [1.29, 1.82) is 0 Å². The van der Waals surface area contributed by atoms with Crippen molar-refractivity contribution in [3.63, 3.8) is 0 Å². The standard InChI is InChI=1S/C20H17FN6S/c1-28-20-25-24-19(27(20)17-10-6-5-9-15(17)21)14-11-22-26-12-16(23-18(14)26)13-7-3-2-4-8-13/h2-11,16,23H,12H2,1H3. The van der Waals surface area contributed by atoms with Crippen LogP contribution in [0.2, 0.25) is 0 Å². The molecule has 0 radical (unpaired) electrons. The van der Waals surface area contributed by atoms with E-state index in [2.05, 4.69) is 32.7 Å². The van der Waals surface area contributed by atoms with Crippen molar-refractivity contribution < 1.29 is 4.39 Å². The minimum absolute atomic E-state index is 0.133. The Kier molecular flexibility index (Phi) is 4.12. The van der Waals surface area contributed by atoms with Gasteiger partial charge < -0.3 is 5.32 Å². The second-order valence-corrected chi connectivity index (χ2v) is 7.27. The lowest BCUT2D eigenvalue weighted by Gasteiger charge is -2.12. The van der Waals surface area contributed by atoms with E-state index >= 15 is 0 Å². The number of nitrogens with zero attached hydrogens (tertiary/aromatic N) is 5. The first-order valence-electron chi connectivity index (χ1n) is 8.88. The van der Waals surface area contributed by atoms with E-state index < -0.39 is 0 Å². The van der Waals surface area contributed by atoms with Gasteiger partial charge in [-0.25, -0.2) is 9.07 Å². The molecule has 0 fully saturated rings. The number of thioether (sulfide) groups is 1. The molecule has 0 amide bonds. The van der Waals surface area contributed by atoms with E-state index in [4.69, 9.17) is 0 Å². The number of benzene rings is 2. The Bertz CT molecular complexity index is 1140. The van der Waals surface area contributed by atoms with Crippen molar-refractivity contribution in [2.45, 2.75) is 17.7 Å². The van der Waals surface area contributed by atoms with Gasteiger partial charge in [-0.05, 0) is 24.0 Å². The van der Waals surface area contributed by atoms with Crippen LogP contribution in [-0.2, 0) is 6.54 Å². The predicted octanol–water partition coefficient (Wildman–Crippen LogP) is 4.16. The second-order valence-electron chi connectivity index (χ2n) is 6.49. The van der Waals surface area contributed by atoms with Crippen molar-refractivity contribution in [3.05, 3.63) is 72.2 Å². The maximum Gasteiger partial charge on any atom is 0.195 e. The Morgan fingerprint density at radius 1 is 1.07 bits per heavy atom. The molecule has 0 bridgehead atoms. The lowest BCUT2D eigenvalue weighted by atomic mass is 10.1. The smallest absolute Gasteiger partial charge is 0.195 e. The van der Waals surface area contributed by atoms with Crippen LogP contribution in [0, 0.1) is 5.82 Å². The molecule has 0 saturated carbocycles. The van der Waals surface area contributed by atoms with Gasteiger partial charge in [-0.2, -0.15) is 5.10 Å². The highest BCUT2D eigenvalue weighted by molar-refractivity contribution is 7.98. The first-order chi connectivity index (χ1) is 13.8. The molecule has 28 heavy (non-hydrogen) atoms. The van der Waals surface area contributed by atoms with E-state index in [1.165, 1.54) is 23.4 Å². The number of halogens is 1. The predicted molar refractivity (Wildman–Crippen MR) is 107 cm³/mol. The van der Waals surface area contributed by atoms with Crippen LogP contribution in [-0.4, -0.2) is 30.8 Å². The topological polar surface area (TPSA) is 60.6 Å². The normalized spacial score (nSPS) is 15.4. The van der Waals surface area contributed by atoms with Crippen LogP contribution in [0.15, 0.2) is 66.0 Å². The Morgan fingerprint density at radius 3 is 2.64 bits per heavy atom. The van der Waals surface area contributed by atoms with Gasteiger partial charge in [0.15, 0.2) is 11.0 Å². The first kappa shape index (κ1) is 17.0. The number of nitrogens with one attached hydrogen (secondary N) is 1. The van der Waals surface area contributed by atoms with Gasteiger partial charge in [-0.3, -0.25) is 4.57 Å².